The first kappa shape index (κ1) is 14.9. The van der Waals surface area contributed by atoms with Crippen LogP contribution < -0.4 is 11.2 Å². The standard InChI is InChI=1S/C11H15N5O5/c1-4-21-6-5-15-8-7(12-10(15)16(19)20)9(17)14(3)11(18)13(8)2/h4-6H2,1-3H3. The normalized spacial score (nSPS) is 11.2. The molecule has 10 nitrogen and oxygen atoms in total. The summed E-state index contributed by atoms with van der Waals surface area (Å²) in [6, 6.07) is 0. The lowest BCUT2D eigenvalue weighted by molar-refractivity contribution is -0.396. The summed E-state index contributed by atoms with van der Waals surface area (Å²) in [6.45, 7) is 2.60. The molecule has 0 aliphatic carbocycles. The highest BCUT2D eigenvalue weighted by molar-refractivity contribution is 5.72. The largest absolute Gasteiger partial charge is 0.437 e. The van der Waals surface area contributed by atoms with Crippen LogP contribution in [0.3, 0.4) is 0 Å². The van der Waals surface area contributed by atoms with Gasteiger partial charge in [0, 0.05) is 20.7 Å². The molecule has 2 aromatic heterocycles. The third kappa shape index (κ3) is 2.33. The van der Waals surface area contributed by atoms with Crippen molar-refractivity contribution in [1.82, 2.24) is 18.7 Å². The molecule has 0 N–H and O–H groups in total. The van der Waals surface area contributed by atoms with Gasteiger partial charge >= 0.3 is 17.2 Å². The first-order valence-electron chi connectivity index (χ1n) is 6.28. The Hall–Kier alpha value is -2.49. The van der Waals surface area contributed by atoms with Gasteiger partial charge in [0.2, 0.25) is 5.65 Å². The van der Waals surface area contributed by atoms with Crippen molar-refractivity contribution in [2.75, 3.05) is 13.2 Å². The number of rotatable bonds is 5. The molecular formula is C11H15N5O5. The van der Waals surface area contributed by atoms with Crippen LogP contribution in [0.1, 0.15) is 6.92 Å². The van der Waals surface area contributed by atoms with Crippen LogP contribution in [0.25, 0.3) is 11.2 Å². The van der Waals surface area contributed by atoms with Crippen molar-refractivity contribution in [1.29, 1.82) is 0 Å². The third-order valence-electron chi connectivity index (χ3n) is 3.15. The van der Waals surface area contributed by atoms with Gasteiger partial charge < -0.3 is 14.9 Å². The molecule has 0 unspecified atom stereocenters. The highest BCUT2D eigenvalue weighted by atomic mass is 16.6. The number of fused-ring (bicyclic) bond motifs is 1. The van der Waals surface area contributed by atoms with Crippen molar-refractivity contribution in [3.63, 3.8) is 0 Å². The summed E-state index contributed by atoms with van der Waals surface area (Å²) in [6.07, 6.45) is 0. The number of imidazole rings is 1. The Morgan fingerprint density at radius 3 is 2.52 bits per heavy atom. The van der Waals surface area contributed by atoms with Crippen LogP contribution in [0.15, 0.2) is 9.59 Å². The van der Waals surface area contributed by atoms with Crippen molar-refractivity contribution in [2.24, 2.45) is 14.1 Å². The number of aromatic nitrogens is 4. The van der Waals surface area contributed by atoms with E-state index in [-0.39, 0.29) is 24.3 Å². The van der Waals surface area contributed by atoms with Crippen LogP contribution in [0.4, 0.5) is 5.95 Å². The molecule has 2 rings (SSSR count). The second kappa shape index (κ2) is 5.48. The Bertz CT molecular complexity index is 815. The van der Waals surface area contributed by atoms with Crippen molar-refractivity contribution in [3.8, 4) is 0 Å². The molecule has 0 saturated heterocycles. The number of nitro groups is 1. The van der Waals surface area contributed by atoms with E-state index >= 15 is 0 Å². The zero-order chi connectivity index (χ0) is 15.7. The predicted molar refractivity (Wildman–Crippen MR) is 73.4 cm³/mol. The molecule has 21 heavy (non-hydrogen) atoms. The van der Waals surface area contributed by atoms with E-state index in [9.17, 15) is 19.7 Å². The Balaban J connectivity index is 2.80. The van der Waals surface area contributed by atoms with Crippen LogP contribution in [0, 0.1) is 10.1 Å². The average molecular weight is 297 g/mol. The molecule has 0 fully saturated rings. The Kier molecular flexibility index (Phi) is 3.89. The molecule has 0 aliphatic rings. The summed E-state index contributed by atoms with van der Waals surface area (Å²) < 4.78 is 8.43. The van der Waals surface area contributed by atoms with Crippen LogP contribution >= 0.6 is 0 Å². The zero-order valence-electron chi connectivity index (χ0n) is 11.9. The Morgan fingerprint density at radius 1 is 1.29 bits per heavy atom. The van der Waals surface area contributed by atoms with E-state index in [1.165, 1.54) is 23.2 Å². The van der Waals surface area contributed by atoms with E-state index in [2.05, 4.69) is 4.98 Å². The minimum Gasteiger partial charge on any atom is -0.390 e. The molecule has 0 spiro atoms. The molecule has 0 radical (unpaired) electrons. The molecule has 2 aromatic rings. The second-order valence-electron chi connectivity index (χ2n) is 4.40. The molecule has 0 aliphatic heterocycles. The molecular weight excluding hydrogens is 282 g/mol. The highest BCUT2D eigenvalue weighted by Crippen LogP contribution is 2.17. The van der Waals surface area contributed by atoms with E-state index < -0.39 is 22.1 Å². The van der Waals surface area contributed by atoms with Gasteiger partial charge in [-0.05, 0) is 11.8 Å². The maximum atomic E-state index is 12.0. The topological polar surface area (TPSA) is 114 Å². The summed E-state index contributed by atoms with van der Waals surface area (Å²) >= 11 is 0. The molecule has 0 aromatic carbocycles. The average Bonchev–Trinajstić information content (AvgIpc) is 2.83. The smallest absolute Gasteiger partial charge is 0.390 e. The molecule has 0 bridgehead atoms. The number of hydrogen-bond acceptors (Lipinski definition) is 6. The maximum Gasteiger partial charge on any atom is 0.437 e. The van der Waals surface area contributed by atoms with Gasteiger partial charge in [0.25, 0.3) is 5.52 Å². The van der Waals surface area contributed by atoms with E-state index in [1.54, 1.807) is 6.92 Å². The molecule has 10 heteroatoms. The minimum absolute atomic E-state index is 0.109. The Morgan fingerprint density at radius 2 is 1.95 bits per heavy atom. The van der Waals surface area contributed by atoms with E-state index in [0.717, 1.165) is 4.57 Å². The third-order valence-corrected chi connectivity index (χ3v) is 3.15. The van der Waals surface area contributed by atoms with Crippen LogP contribution in [0.2, 0.25) is 0 Å². The summed E-state index contributed by atoms with van der Waals surface area (Å²) in [5, 5.41) is 11.1. The van der Waals surface area contributed by atoms with Gasteiger partial charge in [-0.1, -0.05) is 4.98 Å². The van der Waals surface area contributed by atoms with Gasteiger partial charge in [0.1, 0.15) is 0 Å². The summed E-state index contributed by atoms with van der Waals surface area (Å²) in [4.78, 5) is 38.2. The van der Waals surface area contributed by atoms with Crippen LogP contribution in [0.5, 0.6) is 0 Å². The maximum absolute atomic E-state index is 12.0. The SMILES string of the molecule is CCOCCn1c([N+](=O)[O-])nc2c(=O)n(C)c(=O)n(C)c21. The number of ether oxygens (including phenoxy) is 1. The van der Waals surface area contributed by atoms with Gasteiger partial charge in [-0.15, -0.1) is 0 Å². The quantitative estimate of drug-likeness (QED) is 0.412. The van der Waals surface area contributed by atoms with Gasteiger partial charge in [0.05, 0.1) is 13.2 Å². The molecule has 2 heterocycles. The van der Waals surface area contributed by atoms with E-state index in [0.29, 0.717) is 6.61 Å². The van der Waals surface area contributed by atoms with Gasteiger partial charge in [-0.3, -0.25) is 13.9 Å². The number of aryl methyl sites for hydroxylation is 1. The Labute approximate surface area is 118 Å². The van der Waals surface area contributed by atoms with Crippen LogP contribution in [-0.2, 0) is 25.4 Å². The fourth-order valence-electron chi connectivity index (χ4n) is 2.12. The van der Waals surface area contributed by atoms with Gasteiger partial charge in [-0.25, -0.2) is 9.36 Å². The van der Waals surface area contributed by atoms with E-state index in [1.807, 2.05) is 0 Å². The molecule has 0 atom stereocenters. The van der Waals surface area contributed by atoms with Crippen LogP contribution in [-0.4, -0.2) is 36.8 Å². The first-order valence-corrected chi connectivity index (χ1v) is 6.28. The zero-order valence-corrected chi connectivity index (χ0v) is 11.9. The summed E-state index contributed by atoms with van der Waals surface area (Å²) in [5.74, 6) is -0.483. The van der Waals surface area contributed by atoms with Gasteiger partial charge in [0.15, 0.2) is 0 Å². The fourth-order valence-corrected chi connectivity index (χ4v) is 2.12. The predicted octanol–water partition coefficient (Wildman–Crippen LogP) is -0.622. The lowest BCUT2D eigenvalue weighted by Crippen LogP contribution is -2.37. The highest BCUT2D eigenvalue weighted by Gasteiger charge is 2.27. The number of nitrogens with zero attached hydrogens (tertiary/aromatic N) is 5. The molecule has 114 valence electrons. The van der Waals surface area contributed by atoms with Crippen molar-refractivity contribution in [2.45, 2.75) is 13.5 Å². The second-order valence-corrected chi connectivity index (χ2v) is 4.40. The lowest BCUT2D eigenvalue weighted by atomic mass is 10.5. The van der Waals surface area contributed by atoms with Gasteiger partial charge in [-0.2, -0.15) is 0 Å². The number of hydrogen-bond donors (Lipinski definition) is 0. The lowest BCUT2D eigenvalue weighted by Gasteiger charge is -2.06. The minimum atomic E-state index is -0.685. The summed E-state index contributed by atoms with van der Waals surface area (Å²) in [7, 11) is 2.74. The monoisotopic (exact) mass is 297 g/mol. The van der Waals surface area contributed by atoms with Crippen molar-refractivity contribution < 1.29 is 9.66 Å². The molecule has 0 amide bonds. The van der Waals surface area contributed by atoms with Crippen molar-refractivity contribution >= 4 is 17.1 Å². The van der Waals surface area contributed by atoms with E-state index in [4.69, 9.17) is 4.74 Å². The fraction of sp³-hybridized carbons (Fsp3) is 0.545. The van der Waals surface area contributed by atoms with Crippen molar-refractivity contribution in [3.05, 3.63) is 31.0 Å². The molecule has 0 saturated carbocycles. The summed E-state index contributed by atoms with van der Waals surface area (Å²) in [5.41, 5.74) is -1.22. The first-order chi connectivity index (χ1) is 9.90.